The normalized spacial score (nSPS) is 16.6. The molecular weight excluding hydrogens is 362 g/mol. The first-order chi connectivity index (χ1) is 13.1. The van der Waals surface area contributed by atoms with Crippen molar-refractivity contribution in [3.8, 4) is 0 Å². The van der Waals surface area contributed by atoms with Crippen molar-refractivity contribution in [2.24, 2.45) is 7.05 Å². The number of aryl methyl sites for hydroxylation is 1. The Morgan fingerprint density at radius 1 is 1.41 bits per heavy atom. The van der Waals surface area contributed by atoms with Gasteiger partial charge in [0.15, 0.2) is 5.13 Å². The molecule has 27 heavy (non-hydrogen) atoms. The fourth-order valence-electron chi connectivity index (χ4n) is 3.66. The van der Waals surface area contributed by atoms with Crippen molar-refractivity contribution in [2.45, 2.75) is 12.5 Å². The van der Waals surface area contributed by atoms with Crippen LogP contribution >= 0.6 is 11.3 Å². The highest BCUT2D eigenvalue weighted by Crippen LogP contribution is 2.34. The largest absolute Gasteiger partial charge is 0.375 e. The van der Waals surface area contributed by atoms with Crippen molar-refractivity contribution in [1.82, 2.24) is 29.6 Å². The minimum Gasteiger partial charge on any atom is -0.375 e. The van der Waals surface area contributed by atoms with Gasteiger partial charge in [0.05, 0.1) is 46.2 Å². The molecule has 0 spiro atoms. The highest BCUT2D eigenvalue weighted by molar-refractivity contribution is 7.22. The van der Waals surface area contributed by atoms with Gasteiger partial charge in [-0.15, -0.1) is 0 Å². The van der Waals surface area contributed by atoms with Gasteiger partial charge in [-0.25, -0.2) is 9.97 Å². The molecule has 0 radical (unpaired) electrons. The number of fused-ring (bicyclic) bond motifs is 2. The number of nitrogens with zero attached hydrogens (tertiary/aromatic N) is 5. The van der Waals surface area contributed by atoms with E-state index in [9.17, 15) is 4.79 Å². The second kappa shape index (κ2) is 5.92. The van der Waals surface area contributed by atoms with Crippen molar-refractivity contribution in [2.75, 3.05) is 12.3 Å². The lowest BCUT2D eigenvalue weighted by Gasteiger charge is -2.31. The molecule has 3 aromatic heterocycles. The fraction of sp³-hybridized carbons (Fsp3) is 0.222. The van der Waals surface area contributed by atoms with E-state index in [0.29, 0.717) is 23.8 Å². The number of aromatic amines is 1. The zero-order chi connectivity index (χ0) is 18.5. The molecule has 1 aromatic carbocycles. The number of nitrogen functional groups attached to an aromatic ring is 1. The van der Waals surface area contributed by atoms with E-state index >= 15 is 0 Å². The van der Waals surface area contributed by atoms with Gasteiger partial charge in [0, 0.05) is 31.3 Å². The second-order valence-corrected chi connectivity index (χ2v) is 7.69. The van der Waals surface area contributed by atoms with Crippen LogP contribution in [0.25, 0.3) is 10.2 Å². The fourth-order valence-corrected chi connectivity index (χ4v) is 4.50. The molecule has 0 aliphatic carbocycles. The van der Waals surface area contributed by atoms with E-state index in [0.717, 1.165) is 27.2 Å². The molecule has 0 bridgehead atoms. The number of nitrogens with two attached hydrogens (primary N) is 1. The first kappa shape index (κ1) is 16.0. The maximum Gasteiger partial charge on any atom is 0.255 e. The van der Waals surface area contributed by atoms with Crippen molar-refractivity contribution >= 4 is 32.6 Å². The van der Waals surface area contributed by atoms with E-state index < -0.39 is 0 Å². The number of nitrogens with one attached hydrogen (secondary N) is 1. The van der Waals surface area contributed by atoms with Gasteiger partial charge in [0.25, 0.3) is 5.91 Å². The summed E-state index contributed by atoms with van der Waals surface area (Å²) in [6.45, 7) is 1.04. The molecule has 1 aliphatic rings. The van der Waals surface area contributed by atoms with Crippen LogP contribution in [0, 0.1) is 0 Å². The summed E-state index contributed by atoms with van der Waals surface area (Å²) in [4.78, 5) is 27.2. The number of thiazole rings is 1. The number of amides is 1. The van der Waals surface area contributed by atoms with Gasteiger partial charge < -0.3 is 15.6 Å². The van der Waals surface area contributed by atoms with E-state index in [4.69, 9.17) is 5.73 Å². The summed E-state index contributed by atoms with van der Waals surface area (Å²) in [6.07, 6.45) is 5.50. The lowest BCUT2D eigenvalue weighted by molar-refractivity contribution is 0.0724. The number of aromatic nitrogens is 5. The Bertz CT molecular complexity index is 1160. The van der Waals surface area contributed by atoms with Gasteiger partial charge in [-0.3, -0.25) is 9.48 Å². The first-order valence-corrected chi connectivity index (χ1v) is 9.37. The van der Waals surface area contributed by atoms with E-state index in [1.54, 1.807) is 11.0 Å². The van der Waals surface area contributed by atoms with E-state index in [-0.39, 0.29) is 11.8 Å². The average molecular weight is 379 g/mol. The molecule has 1 amide bonds. The zero-order valence-corrected chi connectivity index (χ0v) is 15.4. The van der Waals surface area contributed by atoms with Gasteiger partial charge in [0.1, 0.15) is 0 Å². The molecule has 1 atom stereocenters. The molecule has 0 saturated heterocycles. The van der Waals surface area contributed by atoms with Crippen LogP contribution in [-0.2, 0) is 13.6 Å². The van der Waals surface area contributed by atoms with Crippen molar-refractivity contribution in [1.29, 1.82) is 0 Å². The number of carbonyl (C=O) groups excluding carboxylic acids is 1. The summed E-state index contributed by atoms with van der Waals surface area (Å²) < 4.78 is 2.59. The van der Waals surface area contributed by atoms with Gasteiger partial charge >= 0.3 is 0 Å². The van der Waals surface area contributed by atoms with Crippen LogP contribution in [0.1, 0.15) is 33.2 Å². The summed E-state index contributed by atoms with van der Waals surface area (Å²) in [5.74, 6) is -0.0400. The third-order valence-corrected chi connectivity index (χ3v) is 5.84. The quantitative estimate of drug-likeness (QED) is 0.555. The van der Waals surface area contributed by atoms with Crippen LogP contribution in [0.3, 0.4) is 0 Å². The maximum absolute atomic E-state index is 13.3. The lowest BCUT2D eigenvalue weighted by Crippen LogP contribution is -2.38. The first-order valence-electron chi connectivity index (χ1n) is 8.55. The van der Waals surface area contributed by atoms with Crippen LogP contribution in [0.4, 0.5) is 5.13 Å². The smallest absolute Gasteiger partial charge is 0.255 e. The average Bonchev–Trinajstić information content (AvgIpc) is 3.37. The Morgan fingerprint density at radius 2 is 2.30 bits per heavy atom. The van der Waals surface area contributed by atoms with Crippen molar-refractivity contribution < 1.29 is 4.79 Å². The third kappa shape index (κ3) is 2.58. The van der Waals surface area contributed by atoms with Gasteiger partial charge in [-0.1, -0.05) is 17.4 Å². The lowest BCUT2D eigenvalue weighted by atomic mass is 9.92. The Balaban J connectivity index is 1.54. The summed E-state index contributed by atoms with van der Waals surface area (Å²) in [5, 5.41) is 4.74. The standard InChI is InChI=1S/C18H17N7OS/c1-24-6-10(5-22-24)12-7-25(8-14-15(12)21-9-20-14)17(26)11-3-2-4-13-16(11)27-18(19)23-13/h2-6,9,12H,7-8H2,1H3,(H2,19,23)(H,20,21). The Labute approximate surface area is 158 Å². The van der Waals surface area contributed by atoms with E-state index in [1.807, 2.05) is 42.5 Å². The minimum absolute atomic E-state index is 0.0108. The number of carbonyl (C=O) groups is 1. The summed E-state index contributed by atoms with van der Waals surface area (Å²) >= 11 is 1.34. The molecule has 1 unspecified atom stereocenters. The third-order valence-electron chi connectivity index (χ3n) is 4.91. The minimum atomic E-state index is -0.0293. The Kier molecular flexibility index (Phi) is 3.51. The van der Waals surface area contributed by atoms with E-state index in [1.165, 1.54) is 11.3 Å². The van der Waals surface area contributed by atoms with Crippen LogP contribution in [0.15, 0.2) is 36.9 Å². The molecule has 4 heterocycles. The monoisotopic (exact) mass is 379 g/mol. The highest BCUT2D eigenvalue weighted by Gasteiger charge is 2.33. The summed E-state index contributed by atoms with van der Waals surface area (Å²) in [7, 11) is 1.88. The number of rotatable bonds is 2. The van der Waals surface area contributed by atoms with Crippen molar-refractivity contribution in [3.63, 3.8) is 0 Å². The van der Waals surface area contributed by atoms with E-state index in [2.05, 4.69) is 20.1 Å². The molecule has 3 N–H and O–H groups in total. The Hall–Kier alpha value is -3.20. The number of hydrogen-bond acceptors (Lipinski definition) is 6. The molecule has 136 valence electrons. The molecular formula is C18H17N7OS. The molecule has 8 nitrogen and oxygen atoms in total. The molecule has 0 saturated carbocycles. The second-order valence-electron chi connectivity index (χ2n) is 6.66. The molecule has 0 fully saturated rings. The molecule has 5 rings (SSSR count). The Morgan fingerprint density at radius 3 is 3.11 bits per heavy atom. The van der Waals surface area contributed by atoms with Crippen LogP contribution < -0.4 is 5.73 Å². The number of hydrogen-bond donors (Lipinski definition) is 2. The van der Waals surface area contributed by atoms with Crippen LogP contribution in [0.2, 0.25) is 0 Å². The molecule has 1 aliphatic heterocycles. The predicted molar refractivity (Wildman–Crippen MR) is 102 cm³/mol. The van der Waals surface area contributed by atoms with Crippen LogP contribution in [-0.4, -0.2) is 42.1 Å². The maximum atomic E-state index is 13.3. The highest BCUT2D eigenvalue weighted by atomic mass is 32.1. The summed E-state index contributed by atoms with van der Waals surface area (Å²) in [6, 6.07) is 5.56. The number of anilines is 1. The zero-order valence-electron chi connectivity index (χ0n) is 14.6. The number of H-pyrrole nitrogens is 1. The number of imidazole rings is 1. The van der Waals surface area contributed by atoms with Gasteiger partial charge in [-0.2, -0.15) is 5.10 Å². The van der Waals surface area contributed by atoms with Crippen molar-refractivity contribution in [3.05, 3.63) is 59.4 Å². The SMILES string of the molecule is Cn1cc(C2CN(C(=O)c3cccc4nc(N)sc34)Cc3[nH]cnc32)cn1. The van der Waals surface area contributed by atoms with Gasteiger partial charge in [0.2, 0.25) is 0 Å². The van der Waals surface area contributed by atoms with Gasteiger partial charge in [-0.05, 0) is 12.1 Å². The molecule has 4 aromatic rings. The topological polar surface area (TPSA) is 106 Å². The molecule has 9 heteroatoms. The summed E-state index contributed by atoms with van der Waals surface area (Å²) in [5.41, 5.74) is 10.2. The number of benzene rings is 1. The van der Waals surface area contributed by atoms with Crippen LogP contribution in [0.5, 0.6) is 0 Å². The predicted octanol–water partition coefficient (Wildman–Crippen LogP) is 2.12.